The molecule has 0 fully saturated rings. The maximum atomic E-state index is 10.4. The van der Waals surface area contributed by atoms with Crippen LogP contribution in [-0.2, 0) is 0 Å². The molecular weight excluding hydrogens is 357 g/mol. The van der Waals surface area contributed by atoms with Crippen LogP contribution in [0.2, 0.25) is 10.0 Å². The van der Waals surface area contributed by atoms with Crippen molar-refractivity contribution in [1.82, 2.24) is 14.4 Å². The number of aromatic nitrogens is 3. The van der Waals surface area contributed by atoms with Crippen molar-refractivity contribution in [3.63, 3.8) is 0 Å². The lowest BCUT2D eigenvalue weighted by Gasteiger charge is -2.09. The van der Waals surface area contributed by atoms with Crippen LogP contribution < -0.4 is 0 Å². The van der Waals surface area contributed by atoms with Crippen molar-refractivity contribution in [2.75, 3.05) is 0 Å². The fourth-order valence-electron chi connectivity index (χ4n) is 2.78. The third-order valence-electron chi connectivity index (χ3n) is 3.95. The average molecular weight is 370 g/mol. The summed E-state index contributed by atoms with van der Waals surface area (Å²) in [5.74, 6) is 0.0870. The second-order valence-electron chi connectivity index (χ2n) is 5.71. The van der Waals surface area contributed by atoms with E-state index in [9.17, 15) is 5.11 Å². The lowest BCUT2D eigenvalue weighted by atomic mass is 10.1. The Morgan fingerprint density at radius 2 is 1.60 bits per heavy atom. The van der Waals surface area contributed by atoms with Crippen LogP contribution in [0.3, 0.4) is 0 Å². The Balaban J connectivity index is 2.06. The summed E-state index contributed by atoms with van der Waals surface area (Å²) in [7, 11) is 0. The van der Waals surface area contributed by atoms with Gasteiger partial charge in [-0.25, -0.2) is 9.97 Å². The van der Waals surface area contributed by atoms with Crippen molar-refractivity contribution in [3.8, 4) is 28.4 Å². The second kappa shape index (κ2) is 6.06. The van der Waals surface area contributed by atoms with Crippen LogP contribution in [0.4, 0.5) is 0 Å². The molecule has 124 valence electrons. The van der Waals surface area contributed by atoms with Gasteiger partial charge in [0, 0.05) is 27.4 Å². The van der Waals surface area contributed by atoms with Crippen LogP contribution in [0.15, 0.2) is 54.7 Å². The van der Waals surface area contributed by atoms with Gasteiger partial charge in [-0.1, -0.05) is 53.5 Å². The highest BCUT2D eigenvalue weighted by Crippen LogP contribution is 2.33. The van der Waals surface area contributed by atoms with E-state index in [0.717, 1.165) is 11.1 Å². The first-order chi connectivity index (χ1) is 12.0. The third kappa shape index (κ3) is 2.84. The molecule has 0 saturated heterocycles. The predicted octanol–water partition coefficient (Wildman–Crippen LogP) is 5.38. The van der Waals surface area contributed by atoms with Crippen LogP contribution in [0.25, 0.3) is 28.2 Å². The molecule has 0 spiro atoms. The Kier molecular flexibility index (Phi) is 3.86. The molecule has 2 heterocycles. The molecular formula is C19H13Cl2N3O. The number of nitrogens with zero attached hydrogens (tertiary/aromatic N) is 3. The summed E-state index contributed by atoms with van der Waals surface area (Å²) in [6, 6.07) is 15.0. The SMILES string of the molecule is Cc1nc2c(-c3cc(Cl)cc(Cl)c3)nc(-c3ccccc3)cn2c1O. The van der Waals surface area contributed by atoms with Crippen molar-refractivity contribution in [2.24, 2.45) is 0 Å². The number of hydrogen-bond donors (Lipinski definition) is 1. The Morgan fingerprint density at radius 1 is 0.920 bits per heavy atom. The minimum absolute atomic E-state index is 0.0870. The molecule has 1 N–H and O–H groups in total. The van der Waals surface area contributed by atoms with Gasteiger partial charge in [0.1, 0.15) is 11.4 Å². The summed E-state index contributed by atoms with van der Waals surface area (Å²) in [6.45, 7) is 1.75. The van der Waals surface area contributed by atoms with Gasteiger partial charge in [-0.05, 0) is 25.1 Å². The van der Waals surface area contributed by atoms with Crippen LogP contribution in [0.5, 0.6) is 5.88 Å². The zero-order chi connectivity index (χ0) is 17.6. The van der Waals surface area contributed by atoms with E-state index in [1.807, 2.05) is 30.3 Å². The number of aryl methyl sites for hydroxylation is 1. The Hall–Kier alpha value is -2.56. The van der Waals surface area contributed by atoms with Crippen LogP contribution in [-0.4, -0.2) is 19.5 Å². The van der Waals surface area contributed by atoms with Crippen molar-refractivity contribution < 1.29 is 5.11 Å². The molecule has 0 aliphatic carbocycles. The molecule has 0 aliphatic heterocycles. The van der Waals surface area contributed by atoms with E-state index >= 15 is 0 Å². The normalized spacial score (nSPS) is 11.2. The fourth-order valence-corrected chi connectivity index (χ4v) is 3.31. The first-order valence-electron chi connectivity index (χ1n) is 7.63. The molecule has 2 aromatic carbocycles. The highest BCUT2D eigenvalue weighted by atomic mass is 35.5. The van der Waals surface area contributed by atoms with E-state index in [1.54, 1.807) is 35.7 Å². The molecule has 0 aliphatic rings. The van der Waals surface area contributed by atoms with E-state index in [4.69, 9.17) is 28.2 Å². The van der Waals surface area contributed by atoms with Crippen molar-refractivity contribution in [1.29, 1.82) is 0 Å². The first kappa shape index (κ1) is 15.9. The molecule has 25 heavy (non-hydrogen) atoms. The molecule has 0 atom stereocenters. The number of rotatable bonds is 2. The number of fused-ring (bicyclic) bond motifs is 1. The number of imidazole rings is 1. The molecule has 2 aromatic heterocycles. The molecule has 0 unspecified atom stereocenters. The fraction of sp³-hybridized carbons (Fsp3) is 0.0526. The lowest BCUT2D eigenvalue weighted by Crippen LogP contribution is -1.96. The summed E-state index contributed by atoms with van der Waals surface area (Å²) in [4.78, 5) is 9.21. The maximum Gasteiger partial charge on any atom is 0.219 e. The molecule has 0 radical (unpaired) electrons. The van der Waals surface area contributed by atoms with Crippen LogP contribution in [0.1, 0.15) is 5.69 Å². The quantitative estimate of drug-likeness (QED) is 0.515. The topological polar surface area (TPSA) is 50.4 Å². The summed E-state index contributed by atoms with van der Waals surface area (Å²) in [6.07, 6.45) is 1.77. The zero-order valence-corrected chi connectivity index (χ0v) is 14.8. The van der Waals surface area contributed by atoms with E-state index in [-0.39, 0.29) is 5.88 Å². The molecule has 4 aromatic rings. The standard InChI is InChI=1S/C19H13Cl2N3O/c1-11-19(25)24-10-16(12-5-3-2-4-6-12)23-17(18(24)22-11)13-7-14(20)9-15(21)8-13/h2-10,25H,1H3. The van der Waals surface area contributed by atoms with Gasteiger partial charge in [-0.15, -0.1) is 0 Å². The summed E-state index contributed by atoms with van der Waals surface area (Å²) < 4.78 is 1.63. The van der Waals surface area contributed by atoms with E-state index in [2.05, 4.69) is 4.98 Å². The Morgan fingerprint density at radius 3 is 2.28 bits per heavy atom. The van der Waals surface area contributed by atoms with Gasteiger partial charge in [-0.2, -0.15) is 0 Å². The Labute approximate surface area is 154 Å². The largest absolute Gasteiger partial charge is 0.493 e. The number of hydrogen-bond acceptors (Lipinski definition) is 3. The zero-order valence-electron chi connectivity index (χ0n) is 13.2. The third-order valence-corrected chi connectivity index (χ3v) is 4.39. The monoisotopic (exact) mass is 369 g/mol. The minimum atomic E-state index is 0.0870. The molecule has 6 heteroatoms. The van der Waals surface area contributed by atoms with Gasteiger partial charge in [0.05, 0.1) is 5.69 Å². The summed E-state index contributed by atoms with van der Waals surface area (Å²) in [5.41, 5.74) is 4.07. The van der Waals surface area contributed by atoms with Gasteiger partial charge in [0.25, 0.3) is 0 Å². The van der Waals surface area contributed by atoms with E-state index in [0.29, 0.717) is 32.8 Å². The predicted molar refractivity (Wildman–Crippen MR) is 100 cm³/mol. The number of halogens is 2. The van der Waals surface area contributed by atoms with Gasteiger partial charge in [0.2, 0.25) is 5.88 Å². The maximum absolute atomic E-state index is 10.4. The molecule has 4 rings (SSSR count). The average Bonchev–Trinajstić information content (AvgIpc) is 2.89. The number of benzene rings is 2. The first-order valence-corrected chi connectivity index (χ1v) is 8.39. The molecule has 0 amide bonds. The Bertz CT molecular complexity index is 1070. The van der Waals surface area contributed by atoms with Gasteiger partial charge < -0.3 is 5.11 Å². The molecule has 0 bridgehead atoms. The smallest absolute Gasteiger partial charge is 0.219 e. The van der Waals surface area contributed by atoms with Crippen molar-refractivity contribution >= 4 is 28.8 Å². The summed E-state index contributed by atoms with van der Waals surface area (Å²) in [5, 5.41) is 11.4. The van der Waals surface area contributed by atoms with Crippen LogP contribution >= 0.6 is 23.2 Å². The molecule has 0 saturated carbocycles. The van der Waals surface area contributed by atoms with Gasteiger partial charge in [0.15, 0.2) is 5.65 Å². The highest BCUT2D eigenvalue weighted by Gasteiger charge is 2.17. The van der Waals surface area contributed by atoms with Gasteiger partial charge >= 0.3 is 0 Å². The molecule has 4 nitrogen and oxygen atoms in total. The lowest BCUT2D eigenvalue weighted by molar-refractivity contribution is 0.444. The number of aromatic hydroxyl groups is 1. The van der Waals surface area contributed by atoms with E-state index in [1.165, 1.54) is 0 Å². The minimum Gasteiger partial charge on any atom is -0.493 e. The summed E-state index contributed by atoms with van der Waals surface area (Å²) >= 11 is 12.3. The highest BCUT2D eigenvalue weighted by molar-refractivity contribution is 6.35. The van der Waals surface area contributed by atoms with Crippen molar-refractivity contribution in [3.05, 3.63) is 70.5 Å². The van der Waals surface area contributed by atoms with E-state index < -0.39 is 0 Å². The second-order valence-corrected chi connectivity index (χ2v) is 6.59. The van der Waals surface area contributed by atoms with Gasteiger partial charge in [-0.3, -0.25) is 4.40 Å². The van der Waals surface area contributed by atoms with Crippen molar-refractivity contribution in [2.45, 2.75) is 6.92 Å². The van der Waals surface area contributed by atoms with Crippen LogP contribution in [0, 0.1) is 6.92 Å².